The molecular weight excluding hydrogens is 242 g/mol. The summed E-state index contributed by atoms with van der Waals surface area (Å²) in [6.45, 7) is 15.9. The van der Waals surface area contributed by atoms with Crippen LogP contribution in [-0.2, 0) is 9.59 Å². The van der Waals surface area contributed by atoms with Crippen molar-refractivity contribution in [1.82, 2.24) is 5.32 Å². The highest BCUT2D eigenvalue weighted by Gasteiger charge is 2.17. The quantitative estimate of drug-likeness (QED) is 0.545. The number of hydrogen-bond acceptors (Lipinski definition) is 2. The molecule has 0 heterocycles. The summed E-state index contributed by atoms with van der Waals surface area (Å²) >= 11 is 0. The summed E-state index contributed by atoms with van der Waals surface area (Å²) in [6, 6.07) is 0. The number of allylic oxidation sites excluding steroid dienone is 5. The molecule has 0 fully saturated rings. The van der Waals surface area contributed by atoms with Crippen LogP contribution in [0.25, 0.3) is 0 Å². The van der Waals surface area contributed by atoms with Crippen LogP contribution < -0.4 is 5.32 Å². The minimum absolute atomic E-state index is 0.169. The smallest absolute Gasteiger partial charge is 0.336 e. The number of nitrogens with one attached hydrogen (secondary N) is 1. The Kier molecular flexibility index (Phi) is 6.60. The monoisotopic (exact) mass is 259 g/mol. The normalized spacial score (nSPS) is 10.9. The van der Waals surface area contributed by atoms with Crippen LogP contribution in [-0.4, -0.2) is 17.0 Å². The van der Waals surface area contributed by atoms with Gasteiger partial charge in [-0.2, -0.15) is 0 Å². The summed E-state index contributed by atoms with van der Waals surface area (Å²) in [4.78, 5) is 22.7. The highest BCUT2D eigenvalue weighted by Crippen LogP contribution is 2.09. The zero-order chi connectivity index (χ0) is 15.0. The van der Waals surface area contributed by atoms with E-state index in [-0.39, 0.29) is 11.1 Å². The predicted octanol–water partition coefficient (Wildman–Crippen LogP) is 2.50. The van der Waals surface area contributed by atoms with Crippen LogP contribution >= 0.6 is 0 Å². The highest BCUT2D eigenvalue weighted by molar-refractivity contribution is 6.08. The molecule has 0 aromatic heterocycles. The topological polar surface area (TPSA) is 66.4 Å². The lowest BCUT2D eigenvalue weighted by molar-refractivity contribution is -0.133. The Morgan fingerprint density at radius 2 is 1.74 bits per heavy atom. The van der Waals surface area contributed by atoms with Gasteiger partial charge in [0.15, 0.2) is 0 Å². The molecule has 100 valence electrons. The van der Waals surface area contributed by atoms with E-state index in [1.807, 2.05) is 0 Å². The third kappa shape index (κ3) is 6.02. The Morgan fingerprint density at radius 1 is 1.16 bits per heavy atom. The largest absolute Gasteiger partial charge is 0.478 e. The van der Waals surface area contributed by atoms with Gasteiger partial charge in [-0.25, -0.2) is 4.79 Å². The van der Waals surface area contributed by atoms with E-state index in [9.17, 15) is 9.59 Å². The van der Waals surface area contributed by atoms with Crippen molar-refractivity contribution in [2.75, 3.05) is 0 Å². The Balaban J connectivity index is 4.84. The second-order valence-corrected chi connectivity index (χ2v) is 3.76. The Hall–Kier alpha value is -2.62. The number of amides is 1. The molecule has 0 aromatic rings. The number of carboxylic acids is 1. The number of hydrogen-bond donors (Lipinski definition) is 2. The molecule has 19 heavy (non-hydrogen) atoms. The molecule has 2 N–H and O–H groups in total. The van der Waals surface area contributed by atoms with Gasteiger partial charge in [-0.3, -0.25) is 4.79 Å². The minimum atomic E-state index is -1.25. The summed E-state index contributed by atoms with van der Waals surface area (Å²) < 4.78 is 0. The van der Waals surface area contributed by atoms with E-state index in [0.29, 0.717) is 5.70 Å². The lowest BCUT2D eigenvalue weighted by Crippen LogP contribution is -2.25. The fourth-order valence-electron chi connectivity index (χ4n) is 1.05. The van der Waals surface area contributed by atoms with Crippen LogP contribution in [0, 0.1) is 0 Å². The molecule has 0 saturated heterocycles. The predicted molar refractivity (Wildman–Crippen MR) is 76.3 cm³/mol. The number of carbonyl (C=O) groups excluding carboxylic acids is 1. The van der Waals surface area contributed by atoms with E-state index < -0.39 is 11.9 Å². The second kappa shape index (κ2) is 7.66. The maximum atomic E-state index is 11.8. The van der Waals surface area contributed by atoms with Crippen LogP contribution in [0.15, 0.2) is 73.0 Å². The highest BCUT2D eigenvalue weighted by atomic mass is 16.4. The number of aliphatic carboxylic acids is 1. The van der Waals surface area contributed by atoms with Gasteiger partial charge in [0.1, 0.15) is 0 Å². The van der Waals surface area contributed by atoms with Gasteiger partial charge < -0.3 is 10.4 Å². The second-order valence-electron chi connectivity index (χ2n) is 3.76. The van der Waals surface area contributed by atoms with Gasteiger partial charge in [0.25, 0.3) is 5.91 Å². The summed E-state index contributed by atoms with van der Waals surface area (Å²) in [5, 5.41) is 11.4. The van der Waals surface area contributed by atoms with Crippen molar-refractivity contribution in [3.63, 3.8) is 0 Å². The summed E-state index contributed by atoms with van der Waals surface area (Å²) in [7, 11) is 0. The molecule has 0 aliphatic carbocycles. The van der Waals surface area contributed by atoms with Crippen molar-refractivity contribution in [3.8, 4) is 0 Å². The molecule has 0 atom stereocenters. The lowest BCUT2D eigenvalue weighted by atomic mass is 10.1. The Bertz CT molecular complexity index is 507. The molecule has 0 spiro atoms. The summed E-state index contributed by atoms with van der Waals surface area (Å²) in [5.74, 6) is -1.88. The first-order valence-corrected chi connectivity index (χ1v) is 5.38. The molecule has 0 radical (unpaired) electrons. The van der Waals surface area contributed by atoms with Crippen molar-refractivity contribution >= 4 is 11.9 Å². The summed E-state index contributed by atoms with van der Waals surface area (Å²) in [6.07, 6.45) is 5.71. The molecule has 0 bridgehead atoms. The van der Waals surface area contributed by atoms with Gasteiger partial charge in [0, 0.05) is 11.3 Å². The fraction of sp³-hybridized carbons (Fsp3) is 0.0667. The fourth-order valence-corrected chi connectivity index (χ4v) is 1.05. The molecule has 4 heteroatoms. The van der Waals surface area contributed by atoms with Crippen molar-refractivity contribution in [2.45, 2.75) is 6.92 Å². The van der Waals surface area contributed by atoms with Crippen molar-refractivity contribution in [2.24, 2.45) is 0 Å². The van der Waals surface area contributed by atoms with Crippen molar-refractivity contribution < 1.29 is 14.7 Å². The van der Waals surface area contributed by atoms with Crippen LogP contribution in [0.3, 0.4) is 0 Å². The first kappa shape index (κ1) is 16.4. The molecule has 0 aromatic carbocycles. The third-order valence-electron chi connectivity index (χ3n) is 1.96. The number of carbonyl (C=O) groups is 2. The van der Waals surface area contributed by atoms with Gasteiger partial charge in [-0.05, 0) is 19.1 Å². The maximum absolute atomic E-state index is 11.8. The number of rotatable bonds is 7. The summed E-state index contributed by atoms with van der Waals surface area (Å²) in [5.41, 5.74) is 0.728. The first-order valence-electron chi connectivity index (χ1n) is 5.38. The molecule has 0 unspecified atom stereocenters. The molecule has 0 saturated carbocycles. The zero-order valence-electron chi connectivity index (χ0n) is 10.9. The van der Waals surface area contributed by atoms with E-state index >= 15 is 0 Å². The van der Waals surface area contributed by atoms with E-state index in [1.165, 1.54) is 12.2 Å². The van der Waals surface area contributed by atoms with E-state index in [0.717, 1.165) is 5.57 Å². The number of carboxylic acid groups (broad SMARTS) is 1. The van der Waals surface area contributed by atoms with Gasteiger partial charge in [-0.15, -0.1) is 0 Å². The molecule has 0 aliphatic heterocycles. The van der Waals surface area contributed by atoms with Crippen LogP contribution in [0.4, 0.5) is 0 Å². The molecule has 4 nitrogen and oxygen atoms in total. The Morgan fingerprint density at radius 3 is 2.16 bits per heavy atom. The molecular formula is C15H17NO3. The van der Waals surface area contributed by atoms with Crippen LogP contribution in [0.1, 0.15) is 6.92 Å². The van der Waals surface area contributed by atoms with Crippen molar-refractivity contribution in [1.29, 1.82) is 0 Å². The van der Waals surface area contributed by atoms with Crippen LogP contribution in [0.2, 0.25) is 0 Å². The van der Waals surface area contributed by atoms with Gasteiger partial charge in [-0.1, -0.05) is 44.0 Å². The zero-order valence-corrected chi connectivity index (χ0v) is 10.9. The van der Waals surface area contributed by atoms with Crippen LogP contribution in [0.5, 0.6) is 0 Å². The van der Waals surface area contributed by atoms with Gasteiger partial charge >= 0.3 is 5.97 Å². The molecule has 0 rings (SSSR count). The maximum Gasteiger partial charge on any atom is 0.336 e. The minimum Gasteiger partial charge on any atom is -0.478 e. The average molecular weight is 259 g/mol. The average Bonchev–Trinajstić information content (AvgIpc) is 2.32. The molecule has 0 aliphatic rings. The van der Waals surface area contributed by atoms with Gasteiger partial charge in [0.05, 0.1) is 5.57 Å². The SMILES string of the molecule is C=C/C=C(\C(=C)C(=O)NC(=C)/C=C\C(=C)C)C(=O)O. The van der Waals surface area contributed by atoms with E-state index in [2.05, 4.69) is 31.6 Å². The van der Waals surface area contributed by atoms with Crippen molar-refractivity contribution in [3.05, 3.63) is 73.0 Å². The standard InChI is InChI=1S/C15H17NO3/c1-6-7-13(15(18)19)12(5)14(17)16-11(4)9-8-10(2)3/h6-9H,1-2,4-5H2,3H3,(H,16,17)(H,18,19)/b9-8-,13-7+. The van der Waals surface area contributed by atoms with E-state index in [4.69, 9.17) is 5.11 Å². The first-order chi connectivity index (χ1) is 8.79. The van der Waals surface area contributed by atoms with Gasteiger partial charge in [0.2, 0.25) is 0 Å². The Labute approximate surface area is 112 Å². The molecule has 1 amide bonds. The van der Waals surface area contributed by atoms with E-state index in [1.54, 1.807) is 19.1 Å². The third-order valence-corrected chi connectivity index (χ3v) is 1.96. The lowest BCUT2D eigenvalue weighted by Gasteiger charge is -2.07.